The first-order chi connectivity index (χ1) is 6.49. The quantitative estimate of drug-likeness (QED) is 0.750. The number of pyridine rings is 1. The second-order valence-electron chi connectivity index (χ2n) is 2.49. The van der Waals surface area contributed by atoms with Crippen molar-refractivity contribution in [2.75, 3.05) is 0 Å². The van der Waals surface area contributed by atoms with Crippen LogP contribution in [0.25, 0.3) is 0 Å². The minimum atomic E-state index is -4.59. The van der Waals surface area contributed by atoms with Crippen LogP contribution in [0.3, 0.4) is 0 Å². The first-order valence-electron chi connectivity index (χ1n) is 3.56. The molecule has 0 bridgehead atoms. The normalized spacial score (nSPS) is 11.1. The van der Waals surface area contributed by atoms with Crippen LogP contribution in [0, 0.1) is 11.3 Å². The third kappa shape index (κ3) is 2.00. The van der Waals surface area contributed by atoms with Crippen molar-refractivity contribution < 1.29 is 18.3 Å². The molecule has 0 aliphatic heterocycles. The van der Waals surface area contributed by atoms with E-state index in [0.29, 0.717) is 6.20 Å². The molecule has 0 aromatic carbocycles. The van der Waals surface area contributed by atoms with Crippen LogP contribution < -0.4 is 0 Å². The first kappa shape index (κ1) is 10.5. The molecule has 0 aliphatic carbocycles. The number of aliphatic hydroxyl groups excluding tert-OH is 1. The summed E-state index contributed by atoms with van der Waals surface area (Å²) in [6, 6.07) is 2.33. The predicted molar refractivity (Wildman–Crippen MR) is 39.9 cm³/mol. The second kappa shape index (κ2) is 3.64. The fraction of sp³-hybridized carbons (Fsp3) is 0.250. The lowest BCUT2D eigenvalue weighted by Crippen LogP contribution is -2.09. The molecule has 0 atom stereocenters. The molecule has 0 saturated carbocycles. The molecule has 0 spiro atoms. The number of alkyl halides is 3. The number of aromatic nitrogens is 1. The summed E-state index contributed by atoms with van der Waals surface area (Å²) in [5.74, 6) is 0. The monoisotopic (exact) mass is 202 g/mol. The predicted octanol–water partition coefficient (Wildman–Crippen LogP) is 1.46. The summed E-state index contributed by atoms with van der Waals surface area (Å²) < 4.78 is 36.7. The molecule has 1 aromatic heterocycles. The number of nitrogens with zero attached hydrogens (tertiary/aromatic N) is 2. The Morgan fingerprint density at radius 3 is 2.57 bits per heavy atom. The van der Waals surface area contributed by atoms with Gasteiger partial charge in [-0.1, -0.05) is 0 Å². The number of aliphatic hydroxyl groups is 1. The van der Waals surface area contributed by atoms with Gasteiger partial charge in [0.05, 0.1) is 29.5 Å². The largest absolute Gasteiger partial charge is 0.419 e. The molecule has 1 N–H and O–H groups in total. The van der Waals surface area contributed by atoms with Crippen LogP contribution >= 0.6 is 0 Å². The van der Waals surface area contributed by atoms with E-state index in [1.54, 1.807) is 0 Å². The van der Waals surface area contributed by atoms with Gasteiger partial charge in [-0.3, -0.25) is 4.98 Å². The molecule has 1 aromatic rings. The maximum atomic E-state index is 12.2. The second-order valence-corrected chi connectivity index (χ2v) is 2.49. The van der Waals surface area contributed by atoms with Crippen LogP contribution in [0.2, 0.25) is 0 Å². The molecule has 3 nitrogen and oxygen atoms in total. The van der Waals surface area contributed by atoms with Crippen molar-refractivity contribution >= 4 is 0 Å². The maximum Gasteiger partial charge on any atom is 0.419 e. The average molecular weight is 202 g/mol. The summed E-state index contributed by atoms with van der Waals surface area (Å²) in [5, 5.41) is 17.0. The van der Waals surface area contributed by atoms with E-state index in [-0.39, 0.29) is 5.69 Å². The van der Waals surface area contributed by atoms with Crippen LogP contribution in [0.15, 0.2) is 12.3 Å². The summed E-state index contributed by atoms with van der Waals surface area (Å²) in [5.41, 5.74) is -1.58. The summed E-state index contributed by atoms with van der Waals surface area (Å²) >= 11 is 0. The zero-order valence-corrected chi connectivity index (χ0v) is 6.84. The van der Waals surface area contributed by atoms with Gasteiger partial charge in [0.25, 0.3) is 0 Å². The summed E-state index contributed by atoms with van der Waals surface area (Å²) in [6.07, 6.45) is -4.05. The molecule has 0 radical (unpaired) electrons. The molecule has 0 unspecified atom stereocenters. The van der Waals surface area contributed by atoms with Crippen LogP contribution in [-0.2, 0) is 12.8 Å². The van der Waals surface area contributed by atoms with Gasteiger partial charge in [0.2, 0.25) is 0 Å². The summed E-state index contributed by atoms with van der Waals surface area (Å²) in [6.45, 7) is -0.493. The zero-order chi connectivity index (χ0) is 10.8. The highest BCUT2D eigenvalue weighted by Gasteiger charge is 2.34. The maximum absolute atomic E-state index is 12.2. The van der Waals surface area contributed by atoms with E-state index in [9.17, 15) is 13.2 Å². The smallest absolute Gasteiger partial charge is 0.390 e. The molecule has 14 heavy (non-hydrogen) atoms. The Kier molecular flexibility index (Phi) is 2.72. The van der Waals surface area contributed by atoms with Crippen molar-refractivity contribution in [3.63, 3.8) is 0 Å². The van der Waals surface area contributed by atoms with Crippen molar-refractivity contribution in [1.29, 1.82) is 5.26 Å². The SMILES string of the molecule is N#Cc1cc(CO)ncc1C(F)(F)F. The third-order valence-electron chi connectivity index (χ3n) is 1.55. The van der Waals surface area contributed by atoms with Gasteiger partial charge in [0.1, 0.15) is 0 Å². The Hall–Kier alpha value is -1.61. The Bertz CT molecular complexity index is 381. The van der Waals surface area contributed by atoms with Crippen LogP contribution in [0.5, 0.6) is 0 Å². The van der Waals surface area contributed by atoms with Gasteiger partial charge in [-0.2, -0.15) is 18.4 Å². The lowest BCUT2D eigenvalue weighted by Gasteiger charge is -2.08. The number of nitriles is 1. The molecule has 74 valence electrons. The molecular formula is C8H5F3N2O. The first-order valence-corrected chi connectivity index (χ1v) is 3.56. The van der Waals surface area contributed by atoms with Crippen LogP contribution in [0.1, 0.15) is 16.8 Å². The van der Waals surface area contributed by atoms with Gasteiger partial charge in [-0.05, 0) is 6.07 Å². The van der Waals surface area contributed by atoms with E-state index in [4.69, 9.17) is 10.4 Å². The van der Waals surface area contributed by atoms with Gasteiger partial charge in [-0.25, -0.2) is 0 Å². The van der Waals surface area contributed by atoms with E-state index in [0.717, 1.165) is 6.07 Å². The van der Waals surface area contributed by atoms with Crippen molar-refractivity contribution in [2.45, 2.75) is 12.8 Å². The Morgan fingerprint density at radius 1 is 1.50 bits per heavy atom. The van der Waals surface area contributed by atoms with Crippen molar-refractivity contribution in [3.05, 3.63) is 29.1 Å². The molecular weight excluding hydrogens is 197 g/mol. The number of halogens is 3. The number of hydrogen-bond acceptors (Lipinski definition) is 3. The van der Waals surface area contributed by atoms with E-state index in [2.05, 4.69) is 4.98 Å². The van der Waals surface area contributed by atoms with Crippen molar-refractivity contribution in [3.8, 4) is 6.07 Å². The zero-order valence-electron chi connectivity index (χ0n) is 6.84. The lowest BCUT2D eigenvalue weighted by atomic mass is 10.1. The van der Waals surface area contributed by atoms with Crippen LogP contribution in [-0.4, -0.2) is 10.1 Å². The Balaban J connectivity index is 3.28. The van der Waals surface area contributed by atoms with Crippen LogP contribution in [0.4, 0.5) is 13.2 Å². The fourth-order valence-electron chi connectivity index (χ4n) is 0.903. The number of hydrogen-bond donors (Lipinski definition) is 1. The summed E-state index contributed by atoms with van der Waals surface area (Å²) in [7, 11) is 0. The topological polar surface area (TPSA) is 56.9 Å². The van der Waals surface area contributed by atoms with Gasteiger partial charge >= 0.3 is 6.18 Å². The van der Waals surface area contributed by atoms with E-state index in [1.165, 1.54) is 6.07 Å². The number of rotatable bonds is 1. The van der Waals surface area contributed by atoms with Crippen molar-refractivity contribution in [1.82, 2.24) is 4.98 Å². The fourth-order valence-corrected chi connectivity index (χ4v) is 0.903. The van der Waals surface area contributed by atoms with Gasteiger partial charge in [-0.15, -0.1) is 0 Å². The molecule has 6 heteroatoms. The Labute approximate surface area is 77.4 Å². The van der Waals surface area contributed by atoms with E-state index >= 15 is 0 Å². The van der Waals surface area contributed by atoms with Gasteiger partial charge in [0.15, 0.2) is 0 Å². The van der Waals surface area contributed by atoms with Gasteiger partial charge in [0, 0.05) is 6.20 Å². The summed E-state index contributed by atoms with van der Waals surface area (Å²) in [4.78, 5) is 3.35. The molecule has 0 amide bonds. The molecule has 0 saturated heterocycles. The molecule has 0 fully saturated rings. The van der Waals surface area contributed by atoms with E-state index in [1.807, 2.05) is 0 Å². The molecule has 0 aliphatic rings. The highest BCUT2D eigenvalue weighted by atomic mass is 19.4. The Morgan fingerprint density at radius 2 is 2.14 bits per heavy atom. The van der Waals surface area contributed by atoms with Crippen molar-refractivity contribution in [2.24, 2.45) is 0 Å². The third-order valence-corrected chi connectivity index (χ3v) is 1.55. The molecule has 1 rings (SSSR count). The lowest BCUT2D eigenvalue weighted by molar-refractivity contribution is -0.138. The average Bonchev–Trinajstić information content (AvgIpc) is 2.15. The van der Waals surface area contributed by atoms with E-state index < -0.39 is 23.9 Å². The standard InChI is InChI=1S/C8H5F3N2O/c9-8(10,11)7-3-13-6(4-14)1-5(7)2-12/h1,3,14H,4H2. The molecule has 1 heterocycles. The van der Waals surface area contributed by atoms with Gasteiger partial charge < -0.3 is 5.11 Å². The highest BCUT2D eigenvalue weighted by Crippen LogP contribution is 2.31. The minimum Gasteiger partial charge on any atom is -0.390 e. The minimum absolute atomic E-state index is 0.0366. The highest BCUT2D eigenvalue weighted by molar-refractivity contribution is 5.38.